The summed E-state index contributed by atoms with van der Waals surface area (Å²) in [5, 5.41) is 0.535. The minimum absolute atomic E-state index is 0.0700. The number of fused-ring (bicyclic) bond motifs is 1. The molecule has 0 amide bonds. The van der Waals surface area contributed by atoms with E-state index in [4.69, 9.17) is 4.74 Å². The Bertz CT molecular complexity index is 1220. The van der Waals surface area contributed by atoms with Gasteiger partial charge in [-0.05, 0) is 35.4 Å². The fraction of sp³-hybridized carbons (Fsp3) is 0.0833. The molecule has 0 spiro atoms. The molecule has 0 aliphatic carbocycles. The Morgan fingerprint density at radius 2 is 1.62 bits per heavy atom. The molecule has 0 N–H and O–H groups in total. The average Bonchev–Trinajstić information content (AvgIpc) is 2.75. The quantitative estimate of drug-likeness (QED) is 0.475. The lowest BCUT2D eigenvalue weighted by molar-refractivity contribution is -0.148. The van der Waals surface area contributed by atoms with Gasteiger partial charge in [0.2, 0.25) is 0 Å². The van der Waals surface area contributed by atoms with Crippen molar-refractivity contribution >= 4 is 16.9 Å². The first-order valence-corrected chi connectivity index (χ1v) is 9.20. The van der Waals surface area contributed by atoms with Crippen LogP contribution in [-0.4, -0.2) is 10.5 Å². The Morgan fingerprint density at radius 3 is 2.41 bits per heavy atom. The second-order valence-corrected chi connectivity index (χ2v) is 6.66. The van der Waals surface area contributed by atoms with Crippen molar-refractivity contribution in [3.63, 3.8) is 0 Å². The number of esters is 1. The zero-order chi connectivity index (χ0) is 20.2. The third-order valence-electron chi connectivity index (χ3n) is 4.69. The Balaban J connectivity index is 1.64. The topological polar surface area (TPSA) is 48.3 Å². The molecular formula is C24H18FNO3. The van der Waals surface area contributed by atoms with Gasteiger partial charge >= 0.3 is 5.97 Å². The Hall–Kier alpha value is -3.73. The van der Waals surface area contributed by atoms with Gasteiger partial charge < -0.3 is 9.30 Å². The van der Waals surface area contributed by atoms with E-state index in [0.29, 0.717) is 16.5 Å². The maximum absolute atomic E-state index is 13.8. The zero-order valence-corrected chi connectivity index (χ0v) is 15.5. The van der Waals surface area contributed by atoms with E-state index in [9.17, 15) is 14.0 Å². The van der Waals surface area contributed by atoms with Crippen LogP contribution in [0.5, 0.6) is 0 Å². The number of ether oxygens (including phenoxy) is 1. The van der Waals surface area contributed by atoms with Crippen LogP contribution in [0.15, 0.2) is 95.9 Å². The largest absolute Gasteiger partial charge is 0.451 e. The first-order valence-electron chi connectivity index (χ1n) is 9.20. The molecular weight excluding hydrogens is 369 g/mol. The number of nitrogens with zero attached hydrogens (tertiary/aromatic N) is 1. The second kappa shape index (κ2) is 8.10. The molecule has 1 heterocycles. The maximum atomic E-state index is 13.8. The molecule has 0 fully saturated rings. The molecule has 3 aromatic carbocycles. The highest BCUT2D eigenvalue weighted by molar-refractivity contribution is 5.80. The van der Waals surface area contributed by atoms with Crippen LogP contribution in [0.4, 0.5) is 4.39 Å². The molecule has 4 nitrogen and oxygen atoms in total. The van der Waals surface area contributed by atoms with E-state index in [1.54, 1.807) is 41.1 Å². The first-order chi connectivity index (χ1) is 14.1. The van der Waals surface area contributed by atoms with E-state index in [1.165, 1.54) is 18.2 Å². The summed E-state index contributed by atoms with van der Waals surface area (Å²) in [4.78, 5) is 24.8. The standard InChI is InChI=1S/C24H18FNO3/c25-19-10-6-9-18(15-19)24(17-7-2-1-3-8-17)29-23(28)16-26-14-13-22(27)20-11-4-5-12-21(20)26/h1-15,24H,16H2/t24-/m1/s1. The molecule has 4 aromatic rings. The molecule has 144 valence electrons. The molecule has 29 heavy (non-hydrogen) atoms. The van der Waals surface area contributed by atoms with E-state index in [0.717, 1.165) is 5.56 Å². The lowest BCUT2D eigenvalue weighted by Gasteiger charge is -2.20. The highest BCUT2D eigenvalue weighted by atomic mass is 19.1. The van der Waals surface area contributed by atoms with E-state index in [2.05, 4.69) is 0 Å². The Labute approximate surface area is 166 Å². The average molecular weight is 387 g/mol. The van der Waals surface area contributed by atoms with Gasteiger partial charge in [0.25, 0.3) is 0 Å². The second-order valence-electron chi connectivity index (χ2n) is 6.66. The van der Waals surface area contributed by atoms with Crippen molar-refractivity contribution in [3.05, 3.63) is 118 Å². The first kappa shape index (κ1) is 18.6. The summed E-state index contributed by atoms with van der Waals surface area (Å²) >= 11 is 0. The lowest BCUT2D eigenvalue weighted by atomic mass is 10.0. The number of benzene rings is 3. The highest BCUT2D eigenvalue weighted by Crippen LogP contribution is 2.27. The Morgan fingerprint density at radius 1 is 0.897 bits per heavy atom. The van der Waals surface area contributed by atoms with Crippen molar-refractivity contribution in [1.82, 2.24) is 4.57 Å². The van der Waals surface area contributed by atoms with Gasteiger partial charge in [-0.3, -0.25) is 9.59 Å². The number of aromatic nitrogens is 1. The minimum atomic E-state index is -0.731. The molecule has 0 aliphatic heterocycles. The number of hydrogen-bond donors (Lipinski definition) is 0. The van der Waals surface area contributed by atoms with E-state index >= 15 is 0 Å². The van der Waals surface area contributed by atoms with Crippen LogP contribution < -0.4 is 5.43 Å². The van der Waals surface area contributed by atoms with Crippen LogP contribution in [0.3, 0.4) is 0 Å². The van der Waals surface area contributed by atoms with Gasteiger partial charge in [0.1, 0.15) is 12.4 Å². The van der Waals surface area contributed by atoms with Crippen LogP contribution in [-0.2, 0) is 16.1 Å². The fourth-order valence-electron chi connectivity index (χ4n) is 3.33. The van der Waals surface area contributed by atoms with Crippen molar-refractivity contribution in [3.8, 4) is 0 Å². The van der Waals surface area contributed by atoms with E-state index < -0.39 is 17.9 Å². The predicted molar refractivity (Wildman–Crippen MR) is 109 cm³/mol. The van der Waals surface area contributed by atoms with Gasteiger partial charge in [0.05, 0.1) is 5.52 Å². The summed E-state index contributed by atoms with van der Waals surface area (Å²) in [6.45, 7) is -0.0700. The molecule has 0 saturated heterocycles. The van der Waals surface area contributed by atoms with Crippen LogP contribution >= 0.6 is 0 Å². The van der Waals surface area contributed by atoms with Crippen molar-refractivity contribution in [2.75, 3.05) is 0 Å². The molecule has 0 bridgehead atoms. The van der Waals surface area contributed by atoms with Gasteiger partial charge in [0, 0.05) is 17.6 Å². The third kappa shape index (κ3) is 4.09. The number of carbonyl (C=O) groups is 1. The molecule has 1 atom stereocenters. The van der Waals surface area contributed by atoms with Gasteiger partial charge in [-0.15, -0.1) is 0 Å². The smallest absolute Gasteiger partial charge is 0.326 e. The number of pyridine rings is 1. The number of carbonyl (C=O) groups excluding carboxylic acids is 1. The number of hydrogen-bond acceptors (Lipinski definition) is 3. The van der Waals surface area contributed by atoms with Crippen molar-refractivity contribution < 1.29 is 13.9 Å². The molecule has 4 rings (SSSR count). The molecule has 0 radical (unpaired) electrons. The molecule has 0 saturated carbocycles. The van der Waals surface area contributed by atoms with Crippen LogP contribution in [0.2, 0.25) is 0 Å². The molecule has 0 aliphatic rings. The minimum Gasteiger partial charge on any atom is -0.451 e. The summed E-state index contributed by atoms with van der Waals surface area (Å²) in [5.41, 5.74) is 1.84. The monoisotopic (exact) mass is 387 g/mol. The lowest BCUT2D eigenvalue weighted by Crippen LogP contribution is -2.19. The SMILES string of the molecule is O=C(Cn1ccc(=O)c2ccccc21)O[C@H](c1ccccc1)c1cccc(F)c1. The van der Waals surface area contributed by atoms with Crippen molar-refractivity contribution in [1.29, 1.82) is 0 Å². The summed E-state index contributed by atoms with van der Waals surface area (Å²) in [7, 11) is 0. The summed E-state index contributed by atoms with van der Waals surface area (Å²) < 4.78 is 21.2. The van der Waals surface area contributed by atoms with Crippen LogP contribution in [0, 0.1) is 5.82 Å². The third-order valence-corrected chi connectivity index (χ3v) is 4.69. The molecule has 5 heteroatoms. The normalized spacial score (nSPS) is 11.9. The molecule has 1 aromatic heterocycles. The highest BCUT2D eigenvalue weighted by Gasteiger charge is 2.20. The van der Waals surface area contributed by atoms with Crippen LogP contribution in [0.25, 0.3) is 10.9 Å². The summed E-state index contributed by atoms with van der Waals surface area (Å²) in [6, 6.07) is 23.7. The molecule has 0 unspecified atom stereocenters. The summed E-state index contributed by atoms with van der Waals surface area (Å²) in [6.07, 6.45) is 0.844. The number of para-hydroxylation sites is 1. The summed E-state index contributed by atoms with van der Waals surface area (Å²) in [5.74, 6) is -0.886. The van der Waals surface area contributed by atoms with Gasteiger partial charge in [0.15, 0.2) is 11.5 Å². The van der Waals surface area contributed by atoms with Crippen LogP contribution in [0.1, 0.15) is 17.2 Å². The van der Waals surface area contributed by atoms with Gasteiger partial charge in [-0.2, -0.15) is 0 Å². The number of halogens is 1. The van der Waals surface area contributed by atoms with Gasteiger partial charge in [-0.1, -0.05) is 54.6 Å². The zero-order valence-electron chi connectivity index (χ0n) is 15.5. The Kier molecular flexibility index (Phi) is 5.20. The fourth-order valence-corrected chi connectivity index (χ4v) is 3.33. The van der Waals surface area contributed by atoms with Crippen molar-refractivity contribution in [2.24, 2.45) is 0 Å². The van der Waals surface area contributed by atoms with Crippen molar-refractivity contribution in [2.45, 2.75) is 12.6 Å². The van der Waals surface area contributed by atoms with E-state index in [-0.39, 0.29) is 12.0 Å². The number of rotatable bonds is 5. The van der Waals surface area contributed by atoms with Gasteiger partial charge in [-0.25, -0.2) is 4.39 Å². The maximum Gasteiger partial charge on any atom is 0.326 e. The van der Waals surface area contributed by atoms with E-state index in [1.807, 2.05) is 36.4 Å². The predicted octanol–water partition coefficient (Wildman–Crippen LogP) is 4.47.